The Morgan fingerprint density at radius 3 is 2.00 bits per heavy atom. The average Bonchev–Trinajstić information content (AvgIpc) is 2.12. The second kappa shape index (κ2) is 2.49. The molecule has 1 heterocycles. The lowest BCUT2D eigenvalue weighted by Crippen LogP contribution is -2.13. The predicted octanol–water partition coefficient (Wildman–Crippen LogP) is 2.53. The molecule has 1 nitrogen and oxygen atoms in total. The fraction of sp³-hybridized carbons (Fsp3) is 0.556. The standard InChI is InChI=1S/C9H15N/c1-9(2,3)8-10-6-4-5-7-10/h4-7H,8H2,1-3H3. The van der Waals surface area contributed by atoms with Gasteiger partial charge < -0.3 is 4.57 Å². The Balaban J connectivity index is 2.57. The summed E-state index contributed by atoms with van der Waals surface area (Å²) in [5.41, 5.74) is 0.388. The van der Waals surface area contributed by atoms with E-state index in [2.05, 4.69) is 49.9 Å². The second-order valence-electron chi connectivity index (χ2n) is 3.92. The molecule has 0 saturated carbocycles. The summed E-state index contributed by atoms with van der Waals surface area (Å²) in [7, 11) is 0. The van der Waals surface area contributed by atoms with Crippen LogP contribution in [0.4, 0.5) is 0 Å². The lowest BCUT2D eigenvalue weighted by molar-refractivity contribution is 0.344. The molecule has 1 aromatic heterocycles. The maximum atomic E-state index is 2.24. The predicted molar refractivity (Wildman–Crippen MR) is 43.9 cm³/mol. The van der Waals surface area contributed by atoms with Crippen LogP contribution in [0.5, 0.6) is 0 Å². The van der Waals surface area contributed by atoms with Crippen molar-refractivity contribution in [1.82, 2.24) is 4.57 Å². The van der Waals surface area contributed by atoms with E-state index in [-0.39, 0.29) is 0 Å². The van der Waals surface area contributed by atoms with Crippen LogP contribution in [0.1, 0.15) is 20.8 Å². The number of rotatable bonds is 1. The first kappa shape index (κ1) is 7.39. The number of hydrogen-bond donors (Lipinski definition) is 0. The van der Waals surface area contributed by atoms with E-state index in [4.69, 9.17) is 0 Å². The zero-order valence-corrected chi connectivity index (χ0v) is 6.96. The summed E-state index contributed by atoms with van der Waals surface area (Å²) in [5, 5.41) is 0. The second-order valence-corrected chi connectivity index (χ2v) is 3.92. The summed E-state index contributed by atoms with van der Waals surface area (Å²) in [4.78, 5) is 0. The minimum Gasteiger partial charge on any atom is -0.354 e. The Morgan fingerprint density at radius 1 is 1.10 bits per heavy atom. The molecule has 0 amide bonds. The smallest absolute Gasteiger partial charge is 0.0268 e. The molecule has 10 heavy (non-hydrogen) atoms. The zero-order chi connectivity index (χ0) is 7.61. The van der Waals surface area contributed by atoms with E-state index < -0.39 is 0 Å². The van der Waals surface area contributed by atoms with Crippen LogP contribution in [0.2, 0.25) is 0 Å². The van der Waals surface area contributed by atoms with Crippen LogP contribution in [0.25, 0.3) is 0 Å². The quantitative estimate of drug-likeness (QED) is 0.560. The molecule has 0 radical (unpaired) electrons. The van der Waals surface area contributed by atoms with Gasteiger partial charge in [0.05, 0.1) is 0 Å². The third-order valence-corrected chi connectivity index (χ3v) is 1.32. The Morgan fingerprint density at radius 2 is 1.60 bits per heavy atom. The normalized spacial score (nSPS) is 11.9. The van der Waals surface area contributed by atoms with Crippen molar-refractivity contribution in [2.24, 2.45) is 5.41 Å². The van der Waals surface area contributed by atoms with E-state index in [1.54, 1.807) is 0 Å². The molecule has 1 rings (SSSR count). The summed E-state index contributed by atoms with van der Waals surface area (Å²) in [6, 6.07) is 4.12. The zero-order valence-electron chi connectivity index (χ0n) is 6.96. The van der Waals surface area contributed by atoms with Crippen LogP contribution < -0.4 is 0 Å². The van der Waals surface area contributed by atoms with Gasteiger partial charge in [-0.2, -0.15) is 0 Å². The molecule has 0 saturated heterocycles. The van der Waals surface area contributed by atoms with Crippen molar-refractivity contribution in [3.63, 3.8) is 0 Å². The van der Waals surface area contributed by atoms with E-state index in [0.29, 0.717) is 5.41 Å². The first-order valence-electron chi connectivity index (χ1n) is 3.69. The fourth-order valence-corrected chi connectivity index (χ4v) is 1.02. The molecule has 0 aliphatic heterocycles. The Hall–Kier alpha value is -0.720. The maximum absolute atomic E-state index is 2.24. The van der Waals surface area contributed by atoms with Gasteiger partial charge in [-0.25, -0.2) is 0 Å². The van der Waals surface area contributed by atoms with Crippen LogP contribution in [0, 0.1) is 5.41 Å². The van der Waals surface area contributed by atoms with Gasteiger partial charge in [0, 0.05) is 18.9 Å². The highest BCUT2D eigenvalue weighted by molar-refractivity contribution is 4.91. The van der Waals surface area contributed by atoms with Crippen molar-refractivity contribution in [2.45, 2.75) is 27.3 Å². The molecule has 1 aromatic rings. The van der Waals surface area contributed by atoms with Crippen LogP contribution in [0.15, 0.2) is 24.5 Å². The molecule has 0 aromatic carbocycles. The molecule has 0 spiro atoms. The number of nitrogens with zero attached hydrogens (tertiary/aromatic N) is 1. The van der Waals surface area contributed by atoms with E-state index in [1.807, 2.05) is 0 Å². The summed E-state index contributed by atoms with van der Waals surface area (Å²) in [5.74, 6) is 0. The van der Waals surface area contributed by atoms with Crippen LogP contribution >= 0.6 is 0 Å². The summed E-state index contributed by atoms with van der Waals surface area (Å²) in [6.45, 7) is 7.83. The number of hydrogen-bond acceptors (Lipinski definition) is 0. The number of aromatic nitrogens is 1. The first-order valence-corrected chi connectivity index (χ1v) is 3.69. The monoisotopic (exact) mass is 137 g/mol. The topological polar surface area (TPSA) is 4.93 Å². The molecule has 0 atom stereocenters. The Bertz CT molecular complexity index is 179. The van der Waals surface area contributed by atoms with E-state index in [1.165, 1.54) is 0 Å². The van der Waals surface area contributed by atoms with Gasteiger partial charge in [-0.3, -0.25) is 0 Å². The molecule has 1 heteroatoms. The molecular weight excluding hydrogens is 122 g/mol. The lowest BCUT2D eigenvalue weighted by atomic mass is 9.97. The van der Waals surface area contributed by atoms with Crippen molar-refractivity contribution < 1.29 is 0 Å². The van der Waals surface area contributed by atoms with Crippen molar-refractivity contribution >= 4 is 0 Å². The lowest BCUT2D eigenvalue weighted by Gasteiger charge is -2.18. The molecule has 0 bridgehead atoms. The Kier molecular flexibility index (Phi) is 1.84. The van der Waals surface area contributed by atoms with Crippen LogP contribution in [0.3, 0.4) is 0 Å². The van der Waals surface area contributed by atoms with Gasteiger partial charge >= 0.3 is 0 Å². The maximum Gasteiger partial charge on any atom is 0.0268 e. The SMILES string of the molecule is CC(C)(C)Cn1cccc1. The third-order valence-electron chi connectivity index (χ3n) is 1.32. The highest BCUT2D eigenvalue weighted by atomic mass is 14.9. The third kappa shape index (κ3) is 2.26. The molecular formula is C9H15N. The molecule has 0 aliphatic rings. The van der Waals surface area contributed by atoms with Gasteiger partial charge in [-0.05, 0) is 17.5 Å². The average molecular weight is 137 g/mol. The fourth-order valence-electron chi connectivity index (χ4n) is 1.02. The van der Waals surface area contributed by atoms with Gasteiger partial charge in [0.25, 0.3) is 0 Å². The summed E-state index contributed by atoms with van der Waals surface area (Å²) in [6.07, 6.45) is 4.20. The van der Waals surface area contributed by atoms with E-state index >= 15 is 0 Å². The molecule has 56 valence electrons. The minimum atomic E-state index is 0.388. The van der Waals surface area contributed by atoms with Gasteiger partial charge in [-0.15, -0.1) is 0 Å². The summed E-state index contributed by atoms with van der Waals surface area (Å²) >= 11 is 0. The highest BCUT2D eigenvalue weighted by Crippen LogP contribution is 2.15. The molecule has 0 N–H and O–H groups in total. The van der Waals surface area contributed by atoms with Gasteiger partial charge in [0.1, 0.15) is 0 Å². The Labute approximate surface area is 62.7 Å². The molecule has 0 fully saturated rings. The van der Waals surface area contributed by atoms with Crippen LogP contribution in [-0.2, 0) is 6.54 Å². The van der Waals surface area contributed by atoms with E-state index in [0.717, 1.165) is 6.54 Å². The van der Waals surface area contributed by atoms with Crippen molar-refractivity contribution in [3.05, 3.63) is 24.5 Å². The first-order chi connectivity index (χ1) is 4.58. The van der Waals surface area contributed by atoms with Crippen molar-refractivity contribution in [1.29, 1.82) is 0 Å². The van der Waals surface area contributed by atoms with E-state index in [9.17, 15) is 0 Å². The largest absolute Gasteiger partial charge is 0.354 e. The molecule has 0 unspecified atom stereocenters. The van der Waals surface area contributed by atoms with Crippen LogP contribution in [-0.4, -0.2) is 4.57 Å². The summed E-state index contributed by atoms with van der Waals surface area (Å²) < 4.78 is 2.21. The highest BCUT2D eigenvalue weighted by Gasteiger charge is 2.09. The van der Waals surface area contributed by atoms with Crippen molar-refractivity contribution in [2.75, 3.05) is 0 Å². The van der Waals surface area contributed by atoms with Gasteiger partial charge in [-0.1, -0.05) is 20.8 Å². The minimum absolute atomic E-state index is 0.388. The molecule has 0 aliphatic carbocycles. The van der Waals surface area contributed by atoms with Gasteiger partial charge in [0.15, 0.2) is 0 Å². The van der Waals surface area contributed by atoms with Gasteiger partial charge in [0.2, 0.25) is 0 Å². The van der Waals surface area contributed by atoms with Crippen molar-refractivity contribution in [3.8, 4) is 0 Å².